The van der Waals surface area contributed by atoms with Crippen LogP contribution in [0.5, 0.6) is 0 Å². The highest BCUT2D eigenvalue weighted by Gasteiger charge is 2.10. The molecule has 1 heteroatoms. The number of hydrogen-bond acceptors (Lipinski definition) is 1. The lowest BCUT2D eigenvalue weighted by atomic mass is 9.90. The summed E-state index contributed by atoms with van der Waals surface area (Å²) in [6, 6.07) is 19.0. The average Bonchev–Trinajstić information content (AvgIpc) is 2.47. The van der Waals surface area contributed by atoms with Gasteiger partial charge in [-0.05, 0) is 40.0 Å². The van der Waals surface area contributed by atoms with Crippen molar-refractivity contribution in [2.24, 2.45) is 0 Å². The van der Waals surface area contributed by atoms with Crippen LogP contribution in [0.25, 0.3) is 11.1 Å². The minimum atomic E-state index is 0.963. The van der Waals surface area contributed by atoms with E-state index in [1.54, 1.807) is 0 Å². The lowest BCUT2D eigenvalue weighted by Gasteiger charge is -2.14. The smallest absolute Gasteiger partial charge is 0.0216 e. The third kappa shape index (κ3) is 1.78. The molecule has 1 aliphatic rings. The first kappa shape index (κ1) is 11.0. The van der Waals surface area contributed by atoms with Crippen molar-refractivity contribution in [3.8, 4) is 0 Å². The minimum absolute atomic E-state index is 0.963. The van der Waals surface area contributed by atoms with Crippen LogP contribution in [0.1, 0.15) is 18.4 Å². The summed E-state index contributed by atoms with van der Waals surface area (Å²) in [5.74, 6) is 0. The molecule has 18 heavy (non-hydrogen) atoms. The fourth-order valence-electron chi connectivity index (χ4n) is 2.64. The van der Waals surface area contributed by atoms with E-state index in [-0.39, 0.29) is 0 Å². The molecule has 0 bridgehead atoms. The van der Waals surface area contributed by atoms with Crippen molar-refractivity contribution in [1.82, 2.24) is 0 Å². The van der Waals surface area contributed by atoms with Crippen LogP contribution in [0.3, 0.4) is 0 Å². The largest absolute Gasteiger partial charge is 0.308 e. The van der Waals surface area contributed by atoms with Crippen molar-refractivity contribution in [1.29, 1.82) is 5.41 Å². The van der Waals surface area contributed by atoms with Crippen molar-refractivity contribution < 1.29 is 0 Å². The fraction of sp³-hybridized carbons (Fsp3) is 0.118. The SMILES string of the molecule is N=CC1=c2ccccc2=C(c2ccccc2)CC1. The Hall–Kier alpha value is -2.15. The molecule has 2 aromatic rings. The van der Waals surface area contributed by atoms with Gasteiger partial charge < -0.3 is 5.41 Å². The summed E-state index contributed by atoms with van der Waals surface area (Å²) in [6.45, 7) is 0. The van der Waals surface area contributed by atoms with Crippen molar-refractivity contribution in [3.63, 3.8) is 0 Å². The summed E-state index contributed by atoms with van der Waals surface area (Å²) in [5.41, 5.74) is 3.84. The highest BCUT2D eigenvalue weighted by molar-refractivity contribution is 6.01. The van der Waals surface area contributed by atoms with E-state index in [4.69, 9.17) is 5.41 Å². The van der Waals surface area contributed by atoms with E-state index in [2.05, 4.69) is 48.5 Å². The van der Waals surface area contributed by atoms with Crippen molar-refractivity contribution >= 4 is 17.4 Å². The Balaban J connectivity index is 2.39. The van der Waals surface area contributed by atoms with Crippen LogP contribution in [-0.2, 0) is 0 Å². The first-order valence-corrected chi connectivity index (χ1v) is 6.27. The molecule has 0 atom stereocenters. The van der Waals surface area contributed by atoms with E-state index < -0.39 is 0 Å². The van der Waals surface area contributed by atoms with Crippen molar-refractivity contribution in [3.05, 3.63) is 70.6 Å². The van der Waals surface area contributed by atoms with Crippen LogP contribution in [0.2, 0.25) is 0 Å². The molecule has 0 fully saturated rings. The first-order valence-electron chi connectivity index (χ1n) is 6.27. The minimum Gasteiger partial charge on any atom is -0.308 e. The number of fused-ring (bicyclic) bond motifs is 1. The maximum atomic E-state index is 7.53. The van der Waals surface area contributed by atoms with E-state index in [1.807, 2.05) is 6.07 Å². The Morgan fingerprint density at radius 2 is 1.44 bits per heavy atom. The van der Waals surface area contributed by atoms with Gasteiger partial charge in [-0.15, -0.1) is 0 Å². The number of hydrogen-bond donors (Lipinski definition) is 1. The monoisotopic (exact) mass is 233 g/mol. The quantitative estimate of drug-likeness (QED) is 0.771. The van der Waals surface area contributed by atoms with Gasteiger partial charge in [0.05, 0.1) is 0 Å². The summed E-state index contributed by atoms with van der Waals surface area (Å²) < 4.78 is 0. The molecule has 1 aliphatic carbocycles. The van der Waals surface area contributed by atoms with Crippen LogP contribution in [0, 0.1) is 5.41 Å². The first-order chi connectivity index (χ1) is 8.90. The Morgan fingerprint density at radius 3 is 2.17 bits per heavy atom. The molecule has 1 nitrogen and oxygen atoms in total. The predicted molar refractivity (Wildman–Crippen MR) is 76.1 cm³/mol. The molecule has 0 radical (unpaired) electrons. The zero-order valence-electron chi connectivity index (χ0n) is 10.2. The van der Waals surface area contributed by atoms with Gasteiger partial charge in [0.15, 0.2) is 0 Å². The van der Waals surface area contributed by atoms with Crippen LogP contribution in [0.15, 0.2) is 54.6 Å². The van der Waals surface area contributed by atoms with Gasteiger partial charge in [0, 0.05) is 6.21 Å². The summed E-state index contributed by atoms with van der Waals surface area (Å²) >= 11 is 0. The van der Waals surface area contributed by atoms with Crippen LogP contribution >= 0.6 is 0 Å². The van der Waals surface area contributed by atoms with Crippen molar-refractivity contribution in [2.45, 2.75) is 12.8 Å². The van der Waals surface area contributed by atoms with Gasteiger partial charge in [-0.3, -0.25) is 0 Å². The molecule has 0 saturated carbocycles. The zero-order valence-corrected chi connectivity index (χ0v) is 10.2. The van der Waals surface area contributed by atoms with Gasteiger partial charge in [-0.25, -0.2) is 0 Å². The predicted octanol–water partition coefficient (Wildman–Crippen LogP) is 2.48. The van der Waals surface area contributed by atoms with Crippen LogP contribution in [-0.4, -0.2) is 6.21 Å². The maximum absolute atomic E-state index is 7.53. The van der Waals surface area contributed by atoms with Gasteiger partial charge in [0.2, 0.25) is 0 Å². The zero-order chi connectivity index (χ0) is 12.4. The van der Waals surface area contributed by atoms with E-state index in [1.165, 1.54) is 27.8 Å². The molecular weight excluding hydrogens is 218 g/mol. The number of nitrogens with one attached hydrogen (secondary N) is 1. The Bertz CT molecular complexity index is 696. The summed E-state index contributed by atoms with van der Waals surface area (Å²) in [7, 11) is 0. The third-order valence-corrected chi connectivity index (χ3v) is 3.54. The third-order valence-electron chi connectivity index (χ3n) is 3.54. The average molecular weight is 233 g/mol. The van der Waals surface area contributed by atoms with E-state index in [9.17, 15) is 0 Å². The van der Waals surface area contributed by atoms with Gasteiger partial charge in [-0.1, -0.05) is 54.6 Å². The molecule has 0 unspecified atom stereocenters. The second-order valence-electron chi connectivity index (χ2n) is 4.56. The normalized spacial score (nSPS) is 14.2. The van der Waals surface area contributed by atoms with Gasteiger partial charge in [-0.2, -0.15) is 0 Å². The topological polar surface area (TPSA) is 23.9 Å². The molecule has 0 heterocycles. The molecule has 3 rings (SSSR count). The Kier molecular flexibility index (Phi) is 2.81. The van der Waals surface area contributed by atoms with Crippen LogP contribution in [0.4, 0.5) is 0 Å². The van der Waals surface area contributed by atoms with E-state index in [0.29, 0.717) is 0 Å². The highest BCUT2D eigenvalue weighted by Crippen LogP contribution is 2.20. The Morgan fingerprint density at radius 1 is 0.778 bits per heavy atom. The fourth-order valence-corrected chi connectivity index (χ4v) is 2.64. The molecular formula is C17H15N. The molecule has 1 N–H and O–H groups in total. The second kappa shape index (κ2) is 4.61. The van der Waals surface area contributed by atoms with Crippen molar-refractivity contribution in [2.75, 3.05) is 0 Å². The number of benzene rings is 2. The molecule has 0 aromatic heterocycles. The second-order valence-corrected chi connectivity index (χ2v) is 4.56. The molecule has 88 valence electrons. The Labute approximate surface area is 107 Å². The molecule has 0 saturated heterocycles. The lowest BCUT2D eigenvalue weighted by molar-refractivity contribution is 1.06. The summed E-state index contributed by atoms with van der Waals surface area (Å²) in [6.07, 6.45) is 3.48. The standard InChI is InChI=1S/C17H15N/c18-12-14-10-11-16(13-6-2-1-3-7-13)17-9-5-4-8-15(14)17/h1-9,12,18H,10-11H2. The lowest BCUT2D eigenvalue weighted by Crippen LogP contribution is -2.32. The molecule has 0 amide bonds. The van der Waals surface area contributed by atoms with E-state index in [0.717, 1.165) is 18.4 Å². The molecule has 0 aliphatic heterocycles. The maximum Gasteiger partial charge on any atom is 0.0216 e. The molecule has 0 spiro atoms. The van der Waals surface area contributed by atoms with E-state index >= 15 is 0 Å². The highest BCUT2D eigenvalue weighted by atomic mass is 14.3. The van der Waals surface area contributed by atoms with Gasteiger partial charge in [0.25, 0.3) is 0 Å². The summed E-state index contributed by atoms with van der Waals surface area (Å²) in [5, 5.41) is 10.0. The summed E-state index contributed by atoms with van der Waals surface area (Å²) in [4.78, 5) is 0. The van der Waals surface area contributed by atoms with Gasteiger partial charge in [0.1, 0.15) is 0 Å². The van der Waals surface area contributed by atoms with Gasteiger partial charge >= 0.3 is 0 Å². The number of rotatable bonds is 2. The van der Waals surface area contributed by atoms with Crippen LogP contribution < -0.4 is 10.4 Å². The molecule has 2 aromatic carbocycles.